The molecule has 0 saturated heterocycles. The molecule has 0 unspecified atom stereocenters. The number of rotatable bonds is 18. The van der Waals surface area contributed by atoms with Crippen molar-refractivity contribution in [1.29, 1.82) is 0 Å². The van der Waals surface area contributed by atoms with E-state index >= 15 is 0 Å². The summed E-state index contributed by atoms with van der Waals surface area (Å²) in [5.41, 5.74) is 3.74. The minimum atomic E-state index is 0.676. The Morgan fingerprint density at radius 2 is 1.28 bits per heavy atom. The van der Waals surface area contributed by atoms with Gasteiger partial charge in [0.15, 0.2) is 0 Å². The summed E-state index contributed by atoms with van der Waals surface area (Å²) in [5, 5.41) is 3.38. The average Bonchev–Trinajstić information content (AvgIpc) is 3.06. The average molecular weight is 368 g/mol. The van der Waals surface area contributed by atoms with Crippen molar-refractivity contribution in [1.82, 2.24) is 10.4 Å². The molecule has 1 aromatic rings. The Hall–Kier alpha value is -0.450. The first kappa shape index (κ1) is 22.6. The summed E-state index contributed by atoms with van der Waals surface area (Å²) in [5.74, 6) is 5.32. The summed E-state index contributed by atoms with van der Waals surface area (Å²) in [6, 6.07) is 0. The van der Waals surface area contributed by atoms with Crippen molar-refractivity contribution < 1.29 is 0 Å². The summed E-state index contributed by atoms with van der Waals surface area (Å²) < 4.78 is 0. The van der Waals surface area contributed by atoms with Gasteiger partial charge >= 0.3 is 0 Å². The van der Waals surface area contributed by atoms with E-state index < -0.39 is 0 Å². The van der Waals surface area contributed by atoms with Gasteiger partial charge < -0.3 is 0 Å². The van der Waals surface area contributed by atoms with Crippen LogP contribution in [0.1, 0.15) is 114 Å². The molecule has 0 radical (unpaired) electrons. The Bertz CT molecular complexity index is 392. The molecule has 0 aliphatic heterocycles. The van der Waals surface area contributed by atoms with Crippen LogP contribution in [-0.2, 0) is 13.0 Å². The number of thiazole rings is 1. The van der Waals surface area contributed by atoms with Crippen molar-refractivity contribution in [2.45, 2.75) is 116 Å². The SMILES string of the molecule is CCCCCCCCCCCCCCCCCc1nc(CNN)cs1. The van der Waals surface area contributed by atoms with Gasteiger partial charge in [-0.3, -0.25) is 11.3 Å². The molecule has 0 saturated carbocycles. The summed E-state index contributed by atoms with van der Waals surface area (Å²) >= 11 is 1.77. The highest BCUT2D eigenvalue weighted by Crippen LogP contribution is 2.16. The summed E-state index contributed by atoms with van der Waals surface area (Å²) in [6.45, 7) is 2.97. The van der Waals surface area contributed by atoms with E-state index in [0.29, 0.717) is 6.54 Å². The third-order valence-electron chi connectivity index (χ3n) is 4.88. The summed E-state index contributed by atoms with van der Waals surface area (Å²) in [4.78, 5) is 4.58. The number of unbranched alkanes of at least 4 members (excludes halogenated alkanes) is 14. The Morgan fingerprint density at radius 1 is 0.800 bits per heavy atom. The normalized spacial score (nSPS) is 11.3. The number of hydrogen-bond donors (Lipinski definition) is 2. The second-order valence-electron chi connectivity index (χ2n) is 7.31. The first-order chi connectivity index (χ1) is 12.4. The van der Waals surface area contributed by atoms with Crippen LogP contribution in [0.2, 0.25) is 0 Å². The van der Waals surface area contributed by atoms with E-state index in [1.165, 1.54) is 101 Å². The van der Waals surface area contributed by atoms with E-state index in [1.54, 1.807) is 11.3 Å². The second-order valence-corrected chi connectivity index (χ2v) is 8.26. The van der Waals surface area contributed by atoms with E-state index in [-0.39, 0.29) is 0 Å². The van der Waals surface area contributed by atoms with Gasteiger partial charge in [0.05, 0.1) is 17.2 Å². The number of hydrogen-bond acceptors (Lipinski definition) is 4. The third kappa shape index (κ3) is 13.4. The largest absolute Gasteiger partial charge is 0.271 e. The van der Waals surface area contributed by atoms with Crippen molar-refractivity contribution in [3.05, 3.63) is 16.1 Å². The molecule has 0 amide bonds. The molecule has 0 spiro atoms. The molecule has 25 heavy (non-hydrogen) atoms. The van der Waals surface area contributed by atoms with Crippen LogP contribution >= 0.6 is 11.3 Å². The lowest BCUT2D eigenvalue weighted by molar-refractivity contribution is 0.532. The molecular formula is C21H41N3S. The van der Waals surface area contributed by atoms with Gasteiger partial charge in [0.1, 0.15) is 0 Å². The number of nitrogens with one attached hydrogen (secondary N) is 1. The van der Waals surface area contributed by atoms with Gasteiger partial charge in [0.2, 0.25) is 0 Å². The van der Waals surface area contributed by atoms with Gasteiger partial charge in [0, 0.05) is 5.38 Å². The van der Waals surface area contributed by atoms with E-state index in [4.69, 9.17) is 5.84 Å². The Morgan fingerprint density at radius 3 is 1.76 bits per heavy atom. The number of nitrogens with two attached hydrogens (primary N) is 1. The van der Waals surface area contributed by atoms with Crippen LogP contribution in [0, 0.1) is 0 Å². The smallest absolute Gasteiger partial charge is 0.0928 e. The molecular weight excluding hydrogens is 326 g/mol. The van der Waals surface area contributed by atoms with Crippen molar-refractivity contribution in [2.75, 3.05) is 0 Å². The van der Waals surface area contributed by atoms with Crippen LogP contribution in [0.25, 0.3) is 0 Å². The maximum absolute atomic E-state index is 5.32. The first-order valence-electron chi connectivity index (χ1n) is 10.7. The van der Waals surface area contributed by atoms with Crippen LogP contribution in [-0.4, -0.2) is 4.98 Å². The van der Waals surface area contributed by atoms with Crippen LogP contribution in [0.5, 0.6) is 0 Å². The zero-order chi connectivity index (χ0) is 18.0. The highest BCUT2D eigenvalue weighted by atomic mass is 32.1. The number of aryl methyl sites for hydroxylation is 1. The first-order valence-corrected chi connectivity index (χ1v) is 11.6. The molecule has 0 aliphatic rings. The molecule has 1 aromatic heterocycles. The highest BCUT2D eigenvalue weighted by molar-refractivity contribution is 7.09. The standard InChI is InChI=1S/C21H41N3S/c1-2-3-4-5-6-7-8-9-10-11-12-13-14-15-16-17-21-24-20(18-23-22)19-25-21/h19,23H,2-18,22H2,1H3. The topological polar surface area (TPSA) is 50.9 Å². The van der Waals surface area contributed by atoms with Crippen molar-refractivity contribution in [3.63, 3.8) is 0 Å². The van der Waals surface area contributed by atoms with Crippen molar-refractivity contribution in [2.24, 2.45) is 5.84 Å². The minimum Gasteiger partial charge on any atom is -0.271 e. The minimum absolute atomic E-state index is 0.676. The van der Waals surface area contributed by atoms with E-state index in [0.717, 1.165) is 12.1 Å². The summed E-state index contributed by atoms with van der Waals surface area (Å²) in [7, 11) is 0. The molecule has 0 aromatic carbocycles. The fraction of sp³-hybridized carbons (Fsp3) is 0.857. The maximum atomic E-state index is 5.32. The number of hydrazine groups is 1. The molecule has 3 N–H and O–H groups in total. The van der Waals surface area contributed by atoms with Gasteiger partial charge in [-0.15, -0.1) is 11.3 Å². The van der Waals surface area contributed by atoms with Crippen LogP contribution in [0.4, 0.5) is 0 Å². The van der Waals surface area contributed by atoms with E-state index in [9.17, 15) is 0 Å². The molecule has 4 heteroatoms. The Labute approximate surface area is 160 Å². The van der Waals surface area contributed by atoms with Gasteiger partial charge in [-0.05, 0) is 12.8 Å². The zero-order valence-electron chi connectivity index (χ0n) is 16.5. The lowest BCUT2D eigenvalue weighted by atomic mass is 10.0. The van der Waals surface area contributed by atoms with E-state index in [1.807, 2.05) is 0 Å². The molecule has 3 nitrogen and oxygen atoms in total. The summed E-state index contributed by atoms with van der Waals surface area (Å²) in [6.07, 6.45) is 22.4. The molecule has 146 valence electrons. The number of aromatic nitrogens is 1. The Balaban J connectivity index is 1.77. The highest BCUT2D eigenvalue weighted by Gasteiger charge is 2.01. The van der Waals surface area contributed by atoms with E-state index in [2.05, 4.69) is 22.7 Å². The van der Waals surface area contributed by atoms with Gasteiger partial charge in [-0.2, -0.15) is 0 Å². The predicted molar refractivity (Wildman–Crippen MR) is 112 cm³/mol. The predicted octanol–water partition coefficient (Wildman–Crippen LogP) is 6.52. The van der Waals surface area contributed by atoms with Gasteiger partial charge in [-0.25, -0.2) is 4.98 Å². The fourth-order valence-electron chi connectivity index (χ4n) is 3.30. The quantitative estimate of drug-likeness (QED) is 0.176. The maximum Gasteiger partial charge on any atom is 0.0928 e. The molecule has 0 aliphatic carbocycles. The lowest BCUT2D eigenvalue weighted by Gasteiger charge is -2.03. The van der Waals surface area contributed by atoms with Crippen LogP contribution in [0.3, 0.4) is 0 Å². The Kier molecular flexibility index (Phi) is 15.4. The van der Waals surface area contributed by atoms with Crippen molar-refractivity contribution >= 4 is 11.3 Å². The monoisotopic (exact) mass is 367 g/mol. The fourth-order valence-corrected chi connectivity index (χ4v) is 4.14. The van der Waals surface area contributed by atoms with Gasteiger partial charge in [0.25, 0.3) is 0 Å². The molecule has 1 heterocycles. The zero-order valence-corrected chi connectivity index (χ0v) is 17.3. The third-order valence-corrected chi connectivity index (χ3v) is 5.83. The lowest BCUT2D eigenvalue weighted by Crippen LogP contribution is -2.20. The van der Waals surface area contributed by atoms with Crippen molar-refractivity contribution in [3.8, 4) is 0 Å². The van der Waals surface area contributed by atoms with Gasteiger partial charge in [-0.1, -0.05) is 96.8 Å². The molecule has 0 bridgehead atoms. The molecule has 1 rings (SSSR count). The van der Waals surface area contributed by atoms with Crippen LogP contribution < -0.4 is 11.3 Å². The second kappa shape index (κ2) is 17.0. The van der Waals surface area contributed by atoms with Crippen LogP contribution in [0.15, 0.2) is 5.38 Å². The number of nitrogens with zero attached hydrogens (tertiary/aromatic N) is 1. The molecule has 0 atom stereocenters. The molecule has 0 fully saturated rings.